The molecule has 2 heterocycles. The molecule has 28 heavy (non-hydrogen) atoms. The van der Waals surface area contributed by atoms with E-state index >= 15 is 0 Å². The lowest BCUT2D eigenvalue weighted by Crippen LogP contribution is -2.36. The lowest BCUT2D eigenvalue weighted by Gasteiger charge is -2.27. The minimum atomic E-state index is -3.64. The number of fused-ring (bicyclic) bond motifs is 1. The highest BCUT2D eigenvalue weighted by molar-refractivity contribution is 7.89. The van der Waals surface area contributed by atoms with E-state index in [1.807, 2.05) is 24.3 Å². The van der Waals surface area contributed by atoms with Crippen LogP contribution in [0.25, 0.3) is 16.7 Å². The van der Waals surface area contributed by atoms with E-state index in [0.717, 1.165) is 22.3 Å². The molecule has 6 nitrogen and oxygen atoms in total. The third-order valence-electron chi connectivity index (χ3n) is 5.10. The molecule has 1 N–H and O–H groups in total. The van der Waals surface area contributed by atoms with Crippen LogP contribution < -0.4 is 5.69 Å². The van der Waals surface area contributed by atoms with Crippen molar-refractivity contribution >= 4 is 38.4 Å². The Morgan fingerprint density at radius 3 is 2.57 bits per heavy atom. The van der Waals surface area contributed by atoms with Gasteiger partial charge in [-0.1, -0.05) is 23.7 Å². The number of aromatic nitrogens is 2. The summed E-state index contributed by atoms with van der Waals surface area (Å²) in [5, 5.41) is 0.552. The standard InChI is InChI=1S/C20H20ClN3O3S/c1-13-12-19(14(2)11-16(13)21)28(26,27)23-9-7-15(8-10-23)24-18-6-4-3-5-17(18)22-20(24)25/h3-7,11-12H,8-10H2,1-2H3,(H,22,25). The zero-order chi connectivity index (χ0) is 20.1. The maximum absolute atomic E-state index is 13.1. The predicted octanol–water partition coefficient (Wildman–Crippen LogP) is 3.54. The van der Waals surface area contributed by atoms with E-state index in [-0.39, 0.29) is 17.1 Å². The normalized spacial score (nSPS) is 15.8. The molecule has 0 fully saturated rings. The van der Waals surface area contributed by atoms with Crippen molar-refractivity contribution in [1.29, 1.82) is 0 Å². The Bertz CT molecular complexity index is 1270. The highest BCUT2D eigenvalue weighted by atomic mass is 35.5. The number of hydrogen-bond acceptors (Lipinski definition) is 3. The second-order valence-corrected chi connectivity index (χ2v) is 9.27. The molecule has 2 aromatic carbocycles. The van der Waals surface area contributed by atoms with Crippen molar-refractivity contribution in [2.75, 3.05) is 13.1 Å². The quantitative estimate of drug-likeness (QED) is 0.708. The van der Waals surface area contributed by atoms with Crippen LogP contribution in [0.15, 0.2) is 52.2 Å². The second-order valence-electron chi connectivity index (χ2n) is 6.96. The molecule has 1 aliphatic rings. The van der Waals surface area contributed by atoms with Gasteiger partial charge in [0.1, 0.15) is 0 Å². The Kier molecular flexibility index (Phi) is 4.69. The van der Waals surface area contributed by atoms with Crippen LogP contribution in [0.3, 0.4) is 0 Å². The van der Waals surface area contributed by atoms with Gasteiger partial charge in [0.05, 0.1) is 15.9 Å². The molecule has 146 valence electrons. The summed E-state index contributed by atoms with van der Waals surface area (Å²) in [5.74, 6) is 0. The van der Waals surface area contributed by atoms with Gasteiger partial charge in [0.25, 0.3) is 0 Å². The minimum Gasteiger partial charge on any atom is -0.305 e. The van der Waals surface area contributed by atoms with Crippen molar-refractivity contribution in [1.82, 2.24) is 13.9 Å². The van der Waals surface area contributed by atoms with Crippen molar-refractivity contribution in [2.24, 2.45) is 0 Å². The summed E-state index contributed by atoms with van der Waals surface area (Å²) in [6.07, 6.45) is 2.26. The first-order valence-electron chi connectivity index (χ1n) is 8.95. The Morgan fingerprint density at radius 2 is 1.86 bits per heavy atom. The Labute approximate surface area is 168 Å². The van der Waals surface area contributed by atoms with Gasteiger partial charge in [-0.3, -0.25) is 4.57 Å². The molecule has 0 saturated carbocycles. The highest BCUT2D eigenvalue weighted by Gasteiger charge is 2.29. The van der Waals surface area contributed by atoms with E-state index < -0.39 is 10.0 Å². The van der Waals surface area contributed by atoms with Gasteiger partial charge < -0.3 is 4.98 Å². The first kappa shape index (κ1) is 19.0. The summed E-state index contributed by atoms with van der Waals surface area (Å²) in [6, 6.07) is 10.8. The maximum atomic E-state index is 13.1. The smallest absolute Gasteiger partial charge is 0.305 e. The number of nitrogens with zero attached hydrogens (tertiary/aromatic N) is 2. The average Bonchev–Trinajstić information content (AvgIpc) is 3.00. The summed E-state index contributed by atoms with van der Waals surface area (Å²) < 4.78 is 29.3. The van der Waals surface area contributed by atoms with Gasteiger partial charge in [0, 0.05) is 30.2 Å². The molecular weight excluding hydrogens is 398 g/mol. The number of rotatable bonds is 3. The van der Waals surface area contributed by atoms with Crippen molar-refractivity contribution in [2.45, 2.75) is 25.2 Å². The summed E-state index contributed by atoms with van der Waals surface area (Å²) in [5.41, 5.74) is 3.49. The van der Waals surface area contributed by atoms with Gasteiger partial charge in [-0.2, -0.15) is 4.31 Å². The van der Waals surface area contributed by atoms with E-state index in [1.54, 1.807) is 36.6 Å². The largest absolute Gasteiger partial charge is 0.330 e. The lowest BCUT2D eigenvalue weighted by molar-refractivity contribution is 0.437. The molecule has 3 aromatic rings. The number of halogens is 1. The van der Waals surface area contributed by atoms with Crippen molar-refractivity contribution in [3.63, 3.8) is 0 Å². The van der Waals surface area contributed by atoms with Crippen LogP contribution in [0.2, 0.25) is 5.02 Å². The molecule has 0 radical (unpaired) electrons. The number of sulfonamides is 1. The molecule has 1 aromatic heterocycles. The maximum Gasteiger partial charge on any atom is 0.330 e. The van der Waals surface area contributed by atoms with Crippen molar-refractivity contribution in [3.8, 4) is 0 Å². The van der Waals surface area contributed by atoms with Crippen LogP contribution in [0.1, 0.15) is 17.5 Å². The molecule has 4 rings (SSSR count). The van der Waals surface area contributed by atoms with Gasteiger partial charge in [-0.15, -0.1) is 0 Å². The third-order valence-corrected chi connectivity index (χ3v) is 7.51. The van der Waals surface area contributed by atoms with Gasteiger partial charge in [0.2, 0.25) is 10.0 Å². The molecule has 1 aliphatic heterocycles. The zero-order valence-electron chi connectivity index (χ0n) is 15.6. The number of H-pyrrole nitrogens is 1. The predicted molar refractivity (Wildman–Crippen MR) is 111 cm³/mol. The number of hydrogen-bond donors (Lipinski definition) is 1. The summed E-state index contributed by atoms with van der Waals surface area (Å²) in [6.45, 7) is 4.05. The second kappa shape index (κ2) is 6.92. The minimum absolute atomic E-state index is 0.213. The molecule has 0 atom stereocenters. The van der Waals surface area contributed by atoms with Crippen LogP contribution in [0.5, 0.6) is 0 Å². The molecule has 0 unspecified atom stereocenters. The molecular formula is C20H20ClN3O3S. The molecule has 0 bridgehead atoms. The number of nitrogens with one attached hydrogen (secondary N) is 1. The Morgan fingerprint density at radius 1 is 1.11 bits per heavy atom. The third kappa shape index (κ3) is 3.09. The molecule has 8 heteroatoms. The lowest BCUT2D eigenvalue weighted by atomic mass is 10.2. The van der Waals surface area contributed by atoms with Gasteiger partial charge in [-0.25, -0.2) is 13.2 Å². The van der Waals surface area contributed by atoms with Crippen molar-refractivity contribution < 1.29 is 8.42 Å². The zero-order valence-corrected chi connectivity index (χ0v) is 17.1. The molecule has 0 aliphatic carbocycles. The monoisotopic (exact) mass is 417 g/mol. The topological polar surface area (TPSA) is 75.2 Å². The van der Waals surface area contributed by atoms with Gasteiger partial charge in [0.15, 0.2) is 0 Å². The Balaban J connectivity index is 1.68. The van der Waals surface area contributed by atoms with E-state index in [2.05, 4.69) is 4.98 Å². The summed E-state index contributed by atoms with van der Waals surface area (Å²) in [4.78, 5) is 15.5. The van der Waals surface area contributed by atoms with E-state index in [0.29, 0.717) is 23.6 Å². The molecule has 0 amide bonds. The first-order valence-corrected chi connectivity index (χ1v) is 10.8. The van der Waals surface area contributed by atoms with Crippen LogP contribution in [-0.2, 0) is 10.0 Å². The van der Waals surface area contributed by atoms with E-state index in [1.165, 1.54) is 4.31 Å². The van der Waals surface area contributed by atoms with Crippen molar-refractivity contribution in [3.05, 3.63) is 69.1 Å². The summed E-state index contributed by atoms with van der Waals surface area (Å²) >= 11 is 6.11. The fourth-order valence-corrected chi connectivity index (χ4v) is 5.46. The fraction of sp³-hybridized carbons (Fsp3) is 0.250. The number of aromatic amines is 1. The van der Waals surface area contributed by atoms with Gasteiger partial charge >= 0.3 is 5.69 Å². The number of aryl methyl sites for hydroxylation is 2. The molecule has 0 spiro atoms. The van der Waals surface area contributed by atoms with E-state index in [9.17, 15) is 13.2 Å². The van der Waals surface area contributed by atoms with Gasteiger partial charge in [-0.05, 0) is 55.3 Å². The average molecular weight is 418 g/mol. The van der Waals surface area contributed by atoms with E-state index in [4.69, 9.17) is 11.6 Å². The van der Waals surface area contributed by atoms with Crippen LogP contribution in [0, 0.1) is 13.8 Å². The fourth-order valence-electron chi connectivity index (χ4n) is 3.57. The highest BCUT2D eigenvalue weighted by Crippen LogP contribution is 2.28. The number of imidazole rings is 1. The number of para-hydroxylation sites is 2. The summed E-state index contributed by atoms with van der Waals surface area (Å²) in [7, 11) is -3.64. The van der Waals surface area contributed by atoms with Crippen LogP contribution in [-0.4, -0.2) is 35.4 Å². The van der Waals surface area contributed by atoms with Crippen LogP contribution >= 0.6 is 11.6 Å². The number of benzene rings is 2. The molecule has 0 saturated heterocycles. The van der Waals surface area contributed by atoms with Crippen LogP contribution in [0.4, 0.5) is 0 Å². The Hall–Kier alpha value is -2.35. The first-order chi connectivity index (χ1) is 13.3. The SMILES string of the molecule is Cc1cc(S(=O)(=O)N2CC=C(n3c(=O)[nH]c4ccccc43)CC2)c(C)cc1Cl.